The lowest BCUT2D eigenvalue weighted by molar-refractivity contribution is 0.0731. The second-order valence-electron chi connectivity index (χ2n) is 10.1. The summed E-state index contributed by atoms with van der Waals surface area (Å²) >= 11 is 0. The van der Waals surface area contributed by atoms with E-state index in [9.17, 15) is 0 Å². The molecule has 3 unspecified atom stereocenters. The van der Waals surface area contributed by atoms with Crippen molar-refractivity contribution in [2.45, 2.75) is 99.3 Å². The maximum atomic E-state index is 3.62. The smallest absolute Gasteiger partial charge is 0.0283 e. The third kappa shape index (κ3) is 4.45. The fourth-order valence-corrected chi connectivity index (χ4v) is 5.52. The fourth-order valence-electron chi connectivity index (χ4n) is 5.52. The molecule has 0 aromatic heterocycles. The van der Waals surface area contributed by atoms with Gasteiger partial charge in [0.25, 0.3) is 0 Å². The van der Waals surface area contributed by atoms with Gasteiger partial charge in [0.05, 0.1) is 0 Å². The van der Waals surface area contributed by atoms with E-state index in [0.717, 1.165) is 12.3 Å². The van der Waals surface area contributed by atoms with Gasteiger partial charge >= 0.3 is 0 Å². The van der Waals surface area contributed by atoms with Gasteiger partial charge in [0, 0.05) is 11.8 Å². The fraction of sp³-hybridized carbons (Fsp3) is 0.704. The maximum absolute atomic E-state index is 3.62. The van der Waals surface area contributed by atoms with Gasteiger partial charge in [0.2, 0.25) is 0 Å². The molecule has 0 heterocycles. The second kappa shape index (κ2) is 8.43. The molecular formula is C27H42. The van der Waals surface area contributed by atoms with Gasteiger partial charge < -0.3 is 0 Å². The van der Waals surface area contributed by atoms with E-state index >= 15 is 0 Å². The second-order valence-corrected chi connectivity index (χ2v) is 10.1. The van der Waals surface area contributed by atoms with Crippen molar-refractivity contribution in [1.82, 2.24) is 0 Å². The van der Waals surface area contributed by atoms with Crippen molar-refractivity contribution >= 4 is 0 Å². The van der Waals surface area contributed by atoms with Gasteiger partial charge in [-0.2, -0.15) is 0 Å². The third-order valence-electron chi connectivity index (χ3n) is 7.68. The van der Waals surface area contributed by atoms with Crippen LogP contribution in [0.5, 0.6) is 0 Å². The zero-order chi connectivity index (χ0) is 20.3. The first-order chi connectivity index (χ1) is 12.7. The van der Waals surface area contributed by atoms with Gasteiger partial charge in [-0.3, -0.25) is 0 Å². The zero-order valence-electron chi connectivity index (χ0n) is 19.2. The summed E-state index contributed by atoms with van der Waals surface area (Å²) in [5, 5.41) is 0. The van der Waals surface area contributed by atoms with Crippen molar-refractivity contribution in [2.24, 2.45) is 22.7 Å². The molecule has 3 rings (SSSR count). The van der Waals surface area contributed by atoms with Crippen LogP contribution < -0.4 is 0 Å². The SMILES string of the molecule is CC.CC1CCC(C)(C)C2CCc3ccccc3C2(C)CCC#CC1(C)C. The number of hydrogen-bond donors (Lipinski definition) is 0. The Bertz CT molecular complexity index is 681. The quantitative estimate of drug-likeness (QED) is 0.411. The molecule has 0 bridgehead atoms. The molecule has 0 saturated carbocycles. The summed E-state index contributed by atoms with van der Waals surface area (Å²) in [6, 6.07) is 9.20. The molecule has 0 nitrogen and oxygen atoms in total. The van der Waals surface area contributed by atoms with E-state index in [1.165, 1.54) is 32.1 Å². The average molecular weight is 367 g/mol. The van der Waals surface area contributed by atoms with Gasteiger partial charge in [0.1, 0.15) is 0 Å². The van der Waals surface area contributed by atoms with Crippen molar-refractivity contribution in [1.29, 1.82) is 0 Å². The standard InChI is InChI=1S/C25H36.C2H6/c1-19-15-18-24(4,5)22-14-13-20-11-7-8-12-21(20)25(22,6)17-10-9-16-23(19,2)3;1-2/h7-8,11-12,19,22H,10,13-15,17-18H2,1-6H3;1-2H3. The molecule has 2 aliphatic rings. The Labute approximate surface area is 169 Å². The van der Waals surface area contributed by atoms with Crippen LogP contribution in [0, 0.1) is 34.5 Å². The summed E-state index contributed by atoms with van der Waals surface area (Å²) in [6.07, 6.45) is 7.37. The Hall–Kier alpha value is -1.22. The molecule has 0 fully saturated rings. The van der Waals surface area contributed by atoms with Crippen LogP contribution in [0.3, 0.4) is 0 Å². The predicted molar refractivity (Wildman–Crippen MR) is 120 cm³/mol. The molecule has 0 N–H and O–H groups in total. The summed E-state index contributed by atoms with van der Waals surface area (Å²) in [5.74, 6) is 8.58. The normalized spacial score (nSPS) is 31.6. The number of rotatable bonds is 0. The summed E-state index contributed by atoms with van der Waals surface area (Å²) in [6.45, 7) is 18.7. The molecule has 2 aliphatic carbocycles. The van der Waals surface area contributed by atoms with E-state index in [2.05, 4.69) is 77.6 Å². The van der Waals surface area contributed by atoms with E-state index < -0.39 is 0 Å². The van der Waals surface area contributed by atoms with Crippen molar-refractivity contribution in [3.63, 3.8) is 0 Å². The molecule has 0 saturated heterocycles. The minimum Gasteiger partial charge on any atom is -0.103 e. The first-order valence-electron chi connectivity index (χ1n) is 11.3. The Morgan fingerprint density at radius 2 is 1.59 bits per heavy atom. The van der Waals surface area contributed by atoms with Crippen LogP contribution in [0.15, 0.2) is 24.3 Å². The zero-order valence-corrected chi connectivity index (χ0v) is 19.2. The van der Waals surface area contributed by atoms with E-state index in [-0.39, 0.29) is 10.8 Å². The van der Waals surface area contributed by atoms with E-state index in [1.54, 1.807) is 11.1 Å². The van der Waals surface area contributed by atoms with Crippen LogP contribution >= 0.6 is 0 Å². The molecule has 0 heteroatoms. The van der Waals surface area contributed by atoms with Crippen molar-refractivity contribution < 1.29 is 0 Å². The largest absolute Gasteiger partial charge is 0.103 e. The molecule has 3 atom stereocenters. The highest BCUT2D eigenvalue weighted by Crippen LogP contribution is 2.54. The van der Waals surface area contributed by atoms with Crippen LogP contribution in [0.4, 0.5) is 0 Å². The van der Waals surface area contributed by atoms with E-state index in [0.29, 0.717) is 11.3 Å². The van der Waals surface area contributed by atoms with Crippen LogP contribution in [0.2, 0.25) is 0 Å². The lowest BCUT2D eigenvalue weighted by Gasteiger charge is -2.51. The molecule has 1 aromatic carbocycles. The molecule has 27 heavy (non-hydrogen) atoms. The number of benzene rings is 1. The van der Waals surface area contributed by atoms with Crippen LogP contribution in [0.1, 0.15) is 98.6 Å². The van der Waals surface area contributed by atoms with Gasteiger partial charge in [-0.05, 0) is 79.7 Å². The molecule has 0 spiro atoms. The minimum atomic E-state index is 0.129. The maximum Gasteiger partial charge on any atom is 0.0283 e. The molecule has 0 amide bonds. The summed E-state index contributed by atoms with van der Waals surface area (Å²) < 4.78 is 0. The first kappa shape index (κ1) is 22.1. The van der Waals surface area contributed by atoms with Gasteiger partial charge in [-0.1, -0.05) is 71.7 Å². The summed E-state index contributed by atoms with van der Waals surface area (Å²) in [5.41, 5.74) is 3.94. The lowest BCUT2D eigenvalue weighted by atomic mass is 9.53. The number of fused-ring (bicyclic) bond motifs is 3. The van der Waals surface area contributed by atoms with Crippen LogP contribution in [0.25, 0.3) is 0 Å². The lowest BCUT2D eigenvalue weighted by Crippen LogP contribution is -2.45. The minimum absolute atomic E-state index is 0.129. The summed E-state index contributed by atoms with van der Waals surface area (Å²) in [7, 11) is 0. The van der Waals surface area contributed by atoms with Gasteiger partial charge in [-0.15, -0.1) is 5.92 Å². The van der Waals surface area contributed by atoms with Crippen molar-refractivity contribution in [2.75, 3.05) is 0 Å². The highest BCUT2D eigenvalue weighted by Gasteiger charge is 2.47. The van der Waals surface area contributed by atoms with Gasteiger partial charge in [0.15, 0.2) is 0 Å². The highest BCUT2D eigenvalue weighted by molar-refractivity contribution is 5.38. The summed E-state index contributed by atoms with van der Waals surface area (Å²) in [4.78, 5) is 0. The Balaban J connectivity index is 0.00000126. The Morgan fingerprint density at radius 1 is 0.926 bits per heavy atom. The van der Waals surface area contributed by atoms with Crippen molar-refractivity contribution in [3.05, 3.63) is 35.4 Å². The molecule has 1 aromatic rings. The Kier molecular flexibility index (Phi) is 6.89. The monoisotopic (exact) mass is 366 g/mol. The Morgan fingerprint density at radius 3 is 2.30 bits per heavy atom. The molecule has 150 valence electrons. The van der Waals surface area contributed by atoms with E-state index in [1.807, 2.05) is 13.8 Å². The molecule has 0 radical (unpaired) electrons. The number of aryl methyl sites for hydroxylation is 1. The number of hydrogen-bond acceptors (Lipinski definition) is 0. The topological polar surface area (TPSA) is 0 Å². The predicted octanol–water partition coefficient (Wildman–Crippen LogP) is 7.80. The van der Waals surface area contributed by atoms with E-state index in [4.69, 9.17) is 0 Å². The van der Waals surface area contributed by atoms with Crippen LogP contribution in [-0.4, -0.2) is 0 Å². The molecule has 0 aliphatic heterocycles. The highest BCUT2D eigenvalue weighted by atomic mass is 14.5. The average Bonchev–Trinajstić information content (AvgIpc) is 2.65. The van der Waals surface area contributed by atoms with Crippen molar-refractivity contribution in [3.8, 4) is 11.8 Å². The molecular weight excluding hydrogens is 324 g/mol. The third-order valence-corrected chi connectivity index (χ3v) is 7.68. The van der Waals surface area contributed by atoms with Crippen LogP contribution in [-0.2, 0) is 11.8 Å². The first-order valence-corrected chi connectivity index (χ1v) is 11.3. The van der Waals surface area contributed by atoms with Gasteiger partial charge in [-0.25, -0.2) is 0 Å².